The second kappa shape index (κ2) is 7.52. The molecule has 0 N–H and O–H groups in total. The number of piperazine rings is 1. The predicted octanol–water partition coefficient (Wildman–Crippen LogP) is 2.89. The van der Waals surface area contributed by atoms with Crippen LogP contribution in [0.15, 0.2) is 24.3 Å². The Morgan fingerprint density at radius 1 is 1.20 bits per heavy atom. The zero-order valence-corrected chi connectivity index (χ0v) is 14.5. The maximum absolute atomic E-state index is 12.2. The molecule has 0 saturated carbocycles. The van der Waals surface area contributed by atoms with Gasteiger partial charge in [-0.3, -0.25) is 14.6 Å². The predicted molar refractivity (Wildman–Crippen MR) is 91.3 cm³/mol. The van der Waals surface area contributed by atoms with Gasteiger partial charge in [0.2, 0.25) is 0 Å². The van der Waals surface area contributed by atoms with Gasteiger partial charge in [0.1, 0.15) is 0 Å². The second-order valence-electron chi connectivity index (χ2n) is 5.50. The summed E-state index contributed by atoms with van der Waals surface area (Å²) >= 11 is 2.26. The summed E-state index contributed by atoms with van der Waals surface area (Å²) in [5.41, 5.74) is 0.828. The van der Waals surface area contributed by atoms with Gasteiger partial charge in [0.05, 0.1) is 6.54 Å². The molecule has 2 rings (SSSR count). The summed E-state index contributed by atoms with van der Waals surface area (Å²) in [6.07, 6.45) is 1.20. The van der Waals surface area contributed by atoms with E-state index in [1.54, 1.807) is 0 Å². The smallest absolute Gasteiger partial charge is 0.176 e. The van der Waals surface area contributed by atoms with Crippen LogP contribution in [0.1, 0.15) is 30.6 Å². The van der Waals surface area contributed by atoms with Gasteiger partial charge in [-0.25, -0.2) is 0 Å². The Balaban J connectivity index is 1.83. The molecule has 1 aromatic rings. The van der Waals surface area contributed by atoms with Crippen molar-refractivity contribution >= 4 is 28.4 Å². The van der Waals surface area contributed by atoms with Crippen LogP contribution in [0, 0.1) is 3.57 Å². The first-order chi connectivity index (χ1) is 9.60. The van der Waals surface area contributed by atoms with E-state index in [1.165, 1.54) is 9.99 Å². The van der Waals surface area contributed by atoms with Crippen molar-refractivity contribution in [2.45, 2.75) is 26.3 Å². The molecule has 110 valence electrons. The Kier molecular flexibility index (Phi) is 5.99. The highest BCUT2D eigenvalue weighted by atomic mass is 127. The largest absolute Gasteiger partial charge is 0.298 e. The molecule has 0 bridgehead atoms. The Bertz CT molecular complexity index is 438. The van der Waals surface area contributed by atoms with Crippen molar-refractivity contribution in [2.75, 3.05) is 32.7 Å². The number of hydrogen-bond acceptors (Lipinski definition) is 3. The van der Waals surface area contributed by atoms with Gasteiger partial charge >= 0.3 is 0 Å². The summed E-state index contributed by atoms with van der Waals surface area (Å²) < 4.78 is 1.17. The molecule has 3 nitrogen and oxygen atoms in total. The van der Waals surface area contributed by atoms with Crippen molar-refractivity contribution in [1.82, 2.24) is 9.80 Å². The zero-order valence-electron chi connectivity index (χ0n) is 12.3. The van der Waals surface area contributed by atoms with Crippen molar-refractivity contribution in [1.29, 1.82) is 0 Å². The van der Waals surface area contributed by atoms with Gasteiger partial charge in [0, 0.05) is 41.4 Å². The Hall–Kier alpha value is -0.460. The molecule has 0 spiro atoms. The van der Waals surface area contributed by atoms with Crippen LogP contribution in [0.25, 0.3) is 0 Å². The number of nitrogens with zero attached hydrogens (tertiary/aromatic N) is 2. The number of ketones is 1. The van der Waals surface area contributed by atoms with Crippen LogP contribution in [0.2, 0.25) is 0 Å². The number of halogens is 1. The monoisotopic (exact) mass is 386 g/mol. The number of Topliss-reactive ketones (excluding diaryl/α,β-unsaturated/α-hetero) is 1. The van der Waals surface area contributed by atoms with Crippen molar-refractivity contribution < 1.29 is 4.79 Å². The number of hydrogen-bond donors (Lipinski definition) is 0. The van der Waals surface area contributed by atoms with Crippen molar-refractivity contribution in [2.24, 2.45) is 0 Å². The first kappa shape index (κ1) is 15.9. The van der Waals surface area contributed by atoms with Crippen molar-refractivity contribution in [3.05, 3.63) is 33.4 Å². The number of carbonyl (C=O) groups excluding carboxylic acids is 1. The minimum absolute atomic E-state index is 0.235. The lowest BCUT2D eigenvalue weighted by atomic mass is 10.1. The highest BCUT2D eigenvalue weighted by Gasteiger charge is 2.21. The van der Waals surface area contributed by atoms with E-state index in [0.29, 0.717) is 12.6 Å². The lowest BCUT2D eigenvalue weighted by Gasteiger charge is -2.37. The highest BCUT2D eigenvalue weighted by molar-refractivity contribution is 14.1. The molecule has 1 saturated heterocycles. The van der Waals surface area contributed by atoms with E-state index in [0.717, 1.165) is 31.7 Å². The molecule has 1 aliphatic heterocycles. The zero-order chi connectivity index (χ0) is 14.5. The Labute approximate surface area is 135 Å². The Morgan fingerprint density at radius 3 is 2.35 bits per heavy atom. The molecule has 4 heteroatoms. The van der Waals surface area contributed by atoms with E-state index in [2.05, 4.69) is 46.2 Å². The molecule has 0 radical (unpaired) electrons. The van der Waals surface area contributed by atoms with Crippen LogP contribution in [0.3, 0.4) is 0 Å². The highest BCUT2D eigenvalue weighted by Crippen LogP contribution is 2.11. The molecule has 1 aliphatic rings. The van der Waals surface area contributed by atoms with Crippen molar-refractivity contribution in [3.63, 3.8) is 0 Å². The minimum atomic E-state index is 0.235. The fraction of sp³-hybridized carbons (Fsp3) is 0.562. The normalized spacial score (nSPS) is 18.9. The van der Waals surface area contributed by atoms with E-state index in [9.17, 15) is 4.79 Å². The fourth-order valence-electron chi connectivity index (χ4n) is 2.55. The molecule has 0 amide bonds. The number of carbonyl (C=O) groups is 1. The number of rotatable bonds is 5. The van der Waals surface area contributed by atoms with Crippen LogP contribution in [0.5, 0.6) is 0 Å². The molecule has 1 atom stereocenters. The molecule has 20 heavy (non-hydrogen) atoms. The van der Waals surface area contributed by atoms with Gasteiger partial charge in [0.25, 0.3) is 0 Å². The van der Waals surface area contributed by atoms with Crippen molar-refractivity contribution in [3.8, 4) is 0 Å². The van der Waals surface area contributed by atoms with Gasteiger partial charge in [-0.05, 0) is 48.1 Å². The molecule has 0 aliphatic carbocycles. The molecule has 0 aromatic heterocycles. The minimum Gasteiger partial charge on any atom is -0.298 e. The summed E-state index contributed by atoms with van der Waals surface area (Å²) in [5, 5.41) is 0. The van der Waals surface area contributed by atoms with Gasteiger partial charge < -0.3 is 0 Å². The van der Waals surface area contributed by atoms with Crippen LogP contribution in [-0.4, -0.2) is 54.3 Å². The molecule has 1 unspecified atom stereocenters. The molecular formula is C16H23IN2O. The summed E-state index contributed by atoms with van der Waals surface area (Å²) in [6, 6.07) is 8.51. The summed E-state index contributed by atoms with van der Waals surface area (Å²) in [7, 11) is 0. The maximum Gasteiger partial charge on any atom is 0.176 e. The summed E-state index contributed by atoms with van der Waals surface area (Å²) in [5.74, 6) is 0.235. The maximum atomic E-state index is 12.2. The van der Waals surface area contributed by atoms with Crippen LogP contribution >= 0.6 is 22.6 Å². The first-order valence-corrected chi connectivity index (χ1v) is 8.43. The van der Waals surface area contributed by atoms with E-state index in [1.807, 2.05) is 24.3 Å². The average molecular weight is 386 g/mol. The summed E-state index contributed by atoms with van der Waals surface area (Å²) in [6.45, 7) is 9.23. The topological polar surface area (TPSA) is 23.6 Å². The quantitative estimate of drug-likeness (QED) is 0.575. The third-order valence-corrected chi connectivity index (χ3v) is 4.87. The molecule has 1 fully saturated rings. The van der Waals surface area contributed by atoms with Gasteiger partial charge in [-0.15, -0.1) is 0 Å². The number of benzene rings is 1. The SMILES string of the molecule is CCC(C)N1CCN(CC(=O)c2ccc(I)cc2)CC1. The van der Waals surface area contributed by atoms with Crippen LogP contribution in [-0.2, 0) is 0 Å². The molecule has 1 aromatic carbocycles. The van der Waals surface area contributed by atoms with Crippen LogP contribution in [0.4, 0.5) is 0 Å². The van der Waals surface area contributed by atoms with Gasteiger partial charge in [-0.1, -0.05) is 19.1 Å². The van der Waals surface area contributed by atoms with E-state index < -0.39 is 0 Å². The van der Waals surface area contributed by atoms with Crippen LogP contribution < -0.4 is 0 Å². The van der Waals surface area contributed by atoms with E-state index >= 15 is 0 Å². The average Bonchev–Trinajstić information content (AvgIpc) is 2.48. The third kappa shape index (κ3) is 4.27. The van der Waals surface area contributed by atoms with Gasteiger partial charge in [-0.2, -0.15) is 0 Å². The van der Waals surface area contributed by atoms with E-state index in [-0.39, 0.29) is 5.78 Å². The third-order valence-electron chi connectivity index (χ3n) is 4.15. The molecular weight excluding hydrogens is 363 g/mol. The second-order valence-corrected chi connectivity index (χ2v) is 6.75. The lowest BCUT2D eigenvalue weighted by molar-refractivity contribution is 0.0784. The standard InChI is InChI=1S/C16H23IN2O/c1-3-13(2)19-10-8-18(9-11-19)12-16(20)14-4-6-15(17)7-5-14/h4-7,13H,3,8-12H2,1-2H3. The first-order valence-electron chi connectivity index (χ1n) is 7.35. The fourth-order valence-corrected chi connectivity index (χ4v) is 2.91. The molecule has 1 heterocycles. The Morgan fingerprint density at radius 2 is 1.80 bits per heavy atom. The summed E-state index contributed by atoms with van der Waals surface area (Å²) in [4.78, 5) is 17.0. The lowest BCUT2D eigenvalue weighted by Crippen LogP contribution is -2.50. The van der Waals surface area contributed by atoms with E-state index in [4.69, 9.17) is 0 Å². The van der Waals surface area contributed by atoms with Gasteiger partial charge in [0.15, 0.2) is 5.78 Å².